The fourth-order valence-electron chi connectivity index (χ4n) is 2.69. The van der Waals surface area contributed by atoms with E-state index in [4.69, 9.17) is 4.74 Å². The minimum absolute atomic E-state index is 0. The van der Waals surface area contributed by atoms with E-state index in [1.807, 2.05) is 30.3 Å². The van der Waals surface area contributed by atoms with Gasteiger partial charge in [-0.25, -0.2) is 0 Å². The molecule has 134 valence electrons. The number of carbonyl (C=O) groups is 2. The van der Waals surface area contributed by atoms with Gasteiger partial charge in [0.2, 0.25) is 5.91 Å². The van der Waals surface area contributed by atoms with Crippen LogP contribution in [0, 0.1) is 0 Å². The zero-order chi connectivity index (χ0) is 16.7. The number of amides is 2. The van der Waals surface area contributed by atoms with Crippen LogP contribution in [0.1, 0.15) is 25.3 Å². The summed E-state index contributed by atoms with van der Waals surface area (Å²) in [4.78, 5) is 24.6. The largest absolute Gasteiger partial charge is 0.368 e. The average Bonchev–Trinajstić information content (AvgIpc) is 2.60. The van der Waals surface area contributed by atoms with Crippen LogP contribution < -0.4 is 16.0 Å². The molecule has 0 radical (unpaired) electrons. The van der Waals surface area contributed by atoms with Crippen molar-refractivity contribution in [3.8, 4) is 0 Å². The second kappa shape index (κ2) is 9.61. The number of ether oxygens (including phenoxy) is 1. The van der Waals surface area contributed by atoms with Crippen LogP contribution in [0.25, 0.3) is 0 Å². The molecular formula is C17H26ClN3O3. The zero-order valence-corrected chi connectivity index (χ0v) is 14.9. The van der Waals surface area contributed by atoms with Crippen LogP contribution in [0.3, 0.4) is 0 Å². The van der Waals surface area contributed by atoms with Gasteiger partial charge >= 0.3 is 0 Å². The van der Waals surface area contributed by atoms with E-state index in [1.165, 1.54) is 0 Å². The van der Waals surface area contributed by atoms with Crippen molar-refractivity contribution in [2.45, 2.75) is 38.0 Å². The molecule has 1 saturated heterocycles. The van der Waals surface area contributed by atoms with Gasteiger partial charge in [-0.2, -0.15) is 0 Å². The molecule has 0 aliphatic carbocycles. The van der Waals surface area contributed by atoms with Gasteiger partial charge in [0.25, 0.3) is 5.91 Å². The predicted molar refractivity (Wildman–Crippen MR) is 95.0 cm³/mol. The first-order chi connectivity index (χ1) is 11.1. The number of methoxy groups -OCH3 is 1. The third-order valence-corrected chi connectivity index (χ3v) is 4.27. The number of piperidine rings is 1. The Morgan fingerprint density at radius 3 is 2.46 bits per heavy atom. The van der Waals surface area contributed by atoms with Gasteiger partial charge < -0.3 is 20.7 Å². The molecule has 24 heavy (non-hydrogen) atoms. The summed E-state index contributed by atoms with van der Waals surface area (Å²) in [6.45, 7) is 3.59. The summed E-state index contributed by atoms with van der Waals surface area (Å²) in [5.74, 6) is -0.425. The highest BCUT2D eigenvalue weighted by Crippen LogP contribution is 2.22. The third-order valence-electron chi connectivity index (χ3n) is 4.27. The summed E-state index contributed by atoms with van der Waals surface area (Å²) in [5, 5.41) is 8.81. The summed E-state index contributed by atoms with van der Waals surface area (Å²) in [6.07, 6.45) is 1.21. The van der Waals surface area contributed by atoms with Gasteiger partial charge in [0.05, 0.1) is 0 Å². The van der Waals surface area contributed by atoms with E-state index >= 15 is 0 Å². The lowest BCUT2D eigenvalue weighted by Crippen LogP contribution is -2.57. The highest BCUT2D eigenvalue weighted by molar-refractivity contribution is 5.91. The van der Waals surface area contributed by atoms with Gasteiger partial charge in [-0.1, -0.05) is 30.3 Å². The van der Waals surface area contributed by atoms with Gasteiger partial charge in [0.15, 0.2) is 0 Å². The van der Waals surface area contributed by atoms with Crippen LogP contribution in [0.5, 0.6) is 0 Å². The molecule has 1 aliphatic heterocycles. The quantitative estimate of drug-likeness (QED) is 0.711. The number of hydrogen-bond acceptors (Lipinski definition) is 4. The van der Waals surface area contributed by atoms with Crippen molar-refractivity contribution in [1.82, 2.24) is 16.0 Å². The van der Waals surface area contributed by atoms with E-state index in [-0.39, 0.29) is 24.2 Å². The Kier molecular flexibility index (Phi) is 8.18. The van der Waals surface area contributed by atoms with Crippen LogP contribution in [-0.4, -0.2) is 43.7 Å². The Hall–Kier alpha value is -1.63. The lowest BCUT2D eigenvalue weighted by atomic mass is 9.91. The van der Waals surface area contributed by atoms with Crippen molar-refractivity contribution in [2.24, 2.45) is 0 Å². The van der Waals surface area contributed by atoms with E-state index < -0.39 is 11.6 Å². The Morgan fingerprint density at radius 1 is 1.25 bits per heavy atom. The van der Waals surface area contributed by atoms with Crippen molar-refractivity contribution in [1.29, 1.82) is 0 Å². The molecule has 0 spiro atoms. The smallest absolute Gasteiger partial charge is 0.252 e. The molecule has 1 unspecified atom stereocenters. The predicted octanol–water partition coefficient (Wildman–Crippen LogP) is 0.998. The Morgan fingerprint density at radius 2 is 1.88 bits per heavy atom. The molecule has 1 fully saturated rings. The summed E-state index contributed by atoms with van der Waals surface area (Å²) in [7, 11) is 1.55. The van der Waals surface area contributed by atoms with Gasteiger partial charge in [-0.05, 0) is 38.4 Å². The maximum atomic E-state index is 12.5. The summed E-state index contributed by atoms with van der Waals surface area (Å²) in [5.41, 5.74) is 0.185. The van der Waals surface area contributed by atoms with Crippen molar-refractivity contribution in [2.75, 3.05) is 20.2 Å². The molecule has 7 heteroatoms. The molecule has 0 saturated carbocycles. The first kappa shape index (κ1) is 20.4. The molecule has 2 rings (SSSR count). The van der Waals surface area contributed by atoms with E-state index in [0.717, 1.165) is 18.7 Å². The Labute approximate surface area is 149 Å². The molecule has 0 aromatic heterocycles. The van der Waals surface area contributed by atoms with Crippen molar-refractivity contribution in [3.05, 3.63) is 35.9 Å². The van der Waals surface area contributed by atoms with Crippen LogP contribution >= 0.6 is 12.4 Å². The number of halogens is 1. The number of benzene rings is 1. The van der Waals surface area contributed by atoms with Crippen molar-refractivity contribution in [3.63, 3.8) is 0 Å². The first-order valence-corrected chi connectivity index (χ1v) is 7.96. The molecule has 1 heterocycles. The van der Waals surface area contributed by atoms with Crippen LogP contribution in [-0.2, 0) is 20.9 Å². The molecule has 2 amide bonds. The number of nitrogens with one attached hydrogen (secondary N) is 3. The molecule has 1 aliphatic rings. The lowest BCUT2D eigenvalue weighted by molar-refractivity contribution is -0.148. The standard InChI is InChI=1S/C17H25N3O3.ClH/c1-13(15(21)19-12-14-6-4-3-5-7-14)20-16(22)17(23-2)8-10-18-11-9-17;/h3-7,13,18H,8-12H2,1-2H3,(H,19,21)(H,20,22);1H. The molecule has 1 atom stereocenters. The molecule has 3 N–H and O–H groups in total. The van der Waals surface area contributed by atoms with Gasteiger partial charge in [0, 0.05) is 13.7 Å². The van der Waals surface area contributed by atoms with E-state index in [2.05, 4.69) is 16.0 Å². The summed E-state index contributed by atoms with van der Waals surface area (Å²) < 4.78 is 5.47. The number of hydrogen-bond donors (Lipinski definition) is 3. The van der Waals surface area contributed by atoms with E-state index in [0.29, 0.717) is 19.4 Å². The third kappa shape index (κ3) is 5.19. The van der Waals surface area contributed by atoms with E-state index in [9.17, 15) is 9.59 Å². The Balaban J connectivity index is 0.00000288. The fourth-order valence-corrected chi connectivity index (χ4v) is 2.69. The molecule has 1 aromatic rings. The topological polar surface area (TPSA) is 79.5 Å². The van der Waals surface area contributed by atoms with E-state index in [1.54, 1.807) is 14.0 Å². The van der Waals surface area contributed by atoms with Gasteiger partial charge in [-0.3, -0.25) is 9.59 Å². The fraction of sp³-hybridized carbons (Fsp3) is 0.529. The minimum atomic E-state index is -0.834. The zero-order valence-electron chi connectivity index (χ0n) is 14.1. The number of carbonyl (C=O) groups excluding carboxylic acids is 2. The molecule has 6 nitrogen and oxygen atoms in total. The van der Waals surface area contributed by atoms with Crippen molar-refractivity contribution >= 4 is 24.2 Å². The minimum Gasteiger partial charge on any atom is -0.368 e. The second-order valence-electron chi connectivity index (χ2n) is 5.85. The van der Waals surface area contributed by atoms with Crippen LogP contribution in [0.4, 0.5) is 0 Å². The van der Waals surface area contributed by atoms with Gasteiger partial charge in [0.1, 0.15) is 11.6 Å². The molecular weight excluding hydrogens is 330 g/mol. The lowest BCUT2D eigenvalue weighted by Gasteiger charge is -2.35. The molecule has 1 aromatic carbocycles. The van der Waals surface area contributed by atoms with Crippen molar-refractivity contribution < 1.29 is 14.3 Å². The summed E-state index contributed by atoms with van der Waals surface area (Å²) in [6, 6.07) is 9.06. The highest BCUT2D eigenvalue weighted by Gasteiger charge is 2.40. The SMILES string of the molecule is COC1(C(=O)NC(C)C(=O)NCc2ccccc2)CCNCC1.Cl. The summed E-state index contributed by atoms with van der Waals surface area (Å²) >= 11 is 0. The van der Waals surface area contributed by atoms with Gasteiger partial charge in [-0.15, -0.1) is 12.4 Å². The Bertz CT molecular complexity index is 533. The maximum Gasteiger partial charge on any atom is 0.252 e. The normalized spacial score (nSPS) is 17.2. The van der Waals surface area contributed by atoms with Crippen LogP contribution in [0.15, 0.2) is 30.3 Å². The average molecular weight is 356 g/mol. The maximum absolute atomic E-state index is 12.5. The van der Waals surface area contributed by atoms with Crippen LogP contribution in [0.2, 0.25) is 0 Å². The number of rotatable bonds is 6. The second-order valence-corrected chi connectivity index (χ2v) is 5.85. The highest BCUT2D eigenvalue weighted by atomic mass is 35.5. The monoisotopic (exact) mass is 355 g/mol. The molecule has 0 bridgehead atoms. The first-order valence-electron chi connectivity index (χ1n) is 7.96.